The van der Waals surface area contributed by atoms with E-state index in [0.29, 0.717) is 19.6 Å². The smallest absolute Gasteiger partial charge is 0.364 e. The van der Waals surface area contributed by atoms with Gasteiger partial charge in [-0.3, -0.25) is 0 Å². The standard InChI is InChI=1S/C12H14F4N2.ClH/c1-8-7-17-4-5-18(8)11-6-9(12(14,15)16)2-3-10(11)13;/h2-3,6,8,17H,4-5,7H2,1H3;1H/t8-;/m1./s1. The van der Waals surface area contributed by atoms with E-state index in [9.17, 15) is 17.6 Å². The van der Waals surface area contributed by atoms with Gasteiger partial charge in [0.2, 0.25) is 0 Å². The normalized spacial score (nSPS) is 20.1. The SMILES string of the molecule is C[C@@H]1CNCCN1c1cc(C(F)(F)F)ccc1F.Cl. The molecule has 0 bridgehead atoms. The van der Waals surface area contributed by atoms with Gasteiger partial charge in [0.05, 0.1) is 11.3 Å². The molecule has 1 fully saturated rings. The summed E-state index contributed by atoms with van der Waals surface area (Å²) in [5.41, 5.74) is -0.788. The van der Waals surface area contributed by atoms with E-state index in [2.05, 4.69) is 5.32 Å². The van der Waals surface area contributed by atoms with Gasteiger partial charge in [-0.15, -0.1) is 12.4 Å². The second kappa shape index (κ2) is 5.96. The van der Waals surface area contributed by atoms with Crippen molar-refractivity contribution in [1.82, 2.24) is 5.32 Å². The first-order valence-corrected chi connectivity index (χ1v) is 5.73. The van der Waals surface area contributed by atoms with Gasteiger partial charge in [0.25, 0.3) is 0 Å². The molecule has 2 rings (SSSR count). The van der Waals surface area contributed by atoms with E-state index in [4.69, 9.17) is 0 Å². The summed E-state index contributed by atoms with van der Waals surface area (Å²) in [6.45, 7) is 3.63. The topological polar surface area (TPSA) is 15.3 Å². The van der Waals surface area contributed by atoms with E-state index in [-0.39, 0.29) is 24.1 Å². The first kappa shape index (κ1) is 16.0. The lowest BCUT2D eigenvalue weighted by molar-refractivity contribution is -0.137. The summed E-state index contributed by atoms with van der Waals surface area (Å²) in [5.74, 6) is -0.614. The van der Waals surface area contributed by atoms with Gasteiger partial charge in [-0.25, -0.2) is 4.39 Å². The van der Waals surface area contributed by atoms with E-state index >= 15 is 0 Å². The van der Waals surface area contributed by atoms with Crippen molar-refractivity contribution < 1.29 is 17.6 Å². The summed E-state index contributed by atoms with van der Waals surface area (Å²) in [7, 11) is 0. The predicted octanol–water partition coefficient (Wildman–Crippen LogP) is 3.06. The van der Waals surface area contributed by atoms with Crippen molar-refractivity contribution in [2.75, 3.05) is 24.5 Å². The van der Waals surface area contributed by atoms with Crippen LogP contribution in [-0.2, 0) is 6.18 Å². The number of benzene rings is 1. The molecule has 1 saturated heterocycles. The van der Waals surface area contributed by atoms with Crippen LogP contribution < -0.4 is 10.2 Å². The molecule has 1 heterocycles. The minimum atomic E-state index is -4.44. The highest BCUT2D eigenvalue weighted by Crippen LogP contribution is 2.33. The van der Waals surface area contributed by atoms with Crippen LogP contribution in [0.15, 0.2) is 18.2 Å². The third kappa shape index (κ3) is 3.51. The molecular formula is C12H15ClF4N2. The van der Waals surface area contributed by atoms with Crippen LogP contribution in [0.4, 0.5) is 23.2 Å². The Bertz CT molecular complexity index is 436. The molecule has 0 radical (unpaired) electrons. The highest BCUT2D eigenvalue weighted by atomic mass is 35.5. The van der Waals surface area contributed by atoms with Gasteiger partial charge in [-0.05, 0) is 25.1 Å². The molecule has 1 N–H and O–H groups in total. The maximum absolute atomic E-state index is 13.7. The Balaban J connectivity index is 0.00000180. The molecule has 19 heavy (non-hydrogen) atoms. The average molecular weight is 299 g/mol. The van der Waals surface area contributed by atoms with E-state index < -0.39 is 17.6 Å². The van der Waals surface area contributed by atoms with E-state index in [1.54, 1.807) is 4.90 Å². The highest BCUT2D eigenvalue weighted by Gasteiger charge is 2.32. The molecular weight excluding hydrogens is 284 g/mol. The molecule has 0 aromatic heterocycles. The fourth-order valence-electron chi connectivity index (χ4n) is 2.11. The first-order valence-electron chi connectivity index (χ1n) is 5.73. The van der Waals surface area contributed by atoms with Gasteiger partial charge in [0, 0.05) is 25.7 Å². The van der Waals surface area contributed by atoms with Gasteiger partial charge in [-0.1, -0.05) is 0 Å². The molecule has 1 atom stereocenters. The molecule has 0 amide bonds. The van der Waals surface area contributed by atoms with Crippen LogP contribution in [0.3, 0.4) is 0 Å². The van der Waals surface area contributed by atoms with Crippen molar-refractivity contribution in [1.29, 1.82) is 0 Å². The van der Waals surface area contributed by atoms with E-state index in [1.807, 2.05) is 6.92 Å². The predicted molar refractivity (Wildman–Crippen MR) is 68.3 cm³/mol. The Morgan fingerprint density at radius 2 is 2.00 bits per heavy atom. The fraction of sp³-hybridized carbons (Fsp3) is 0.500. The number of nitrogens with zero attached hydrogens (tertiary/aromatic N) is 1. The Morgan fingerprint density at radius 1 is 1.32 bits per heavy atom. The number of hydrogen-bond acceptors (Lipinski definition) is 2. The molecule has 7 heteroatoms. The maximum atomic E-state index is 13.7. The summed E-state index contributed by atoms with van der Waals surface area (Å²) in [6, 6.07) is 2.51. The number of hydrogen-bond donors (Lipinski definition) is 1. The number of nitrogens with one attached hydrogen (secondary N) is 1. The summed E-state index contributed by atoms with van der Waals surface area (Å²) < 4.78 is 51.5. The van der Waals surface area contributed by atoms with Crippen molar-refractivity contribution in [3.05, 3.63) is 29.6 Å². The van der Waals surface area contributed by atoms with Crippen molar-refractivity contribution in [3.8, 4) is 0 Å². The number of piperazine rings is 1. The number of halogens is 5. The zero-order chi connectivity index (χ0) is 13.3. The second-order valence-electron chi connectivity index (χ2n) is 4.41. The molecule has 2 nitrogen and oxygen atoms in total. The van der Waals surface area contributed by atoms with Crippen LogP contribution in [0, 0.1) is 5.82 Å². The Kier molecular flexibility index (Phi) is 5.04. The molecule has 1 aliphatic heterocycles. The quantitative estimate of drug-likeness (QED) is 0.802. The lowest BCUT2D eigenvalue weighted by Crippen LogP contribution is -2.50. The van der Waals surface area contributed by atoms with Crippen molar-refractivity contribution >= 4 is 18.1 Å². The van der Waals surface area contributed by atoms with Crippen LogP contribution in [0.2, 0.25) is 0 Å². The first-order chi connectivity index (χ1) is 8.39. The molecule has 0 unspecified atom stereocenters. The van der Waals surface area contributed by atoms with Crippen molar-refractivity contribution in [3.63, 3.8) is 0 Å². The Labute approximate surface area is 115 Å². The summed E-state index contributed by atoms with van der Waals surface area (Å²) >= 11 is 0. The van der Waals surface area contributed by atoms with Crippen LogP contribution in [0.5, 0.6) is 0 Å². The second-order valence-corrected chi connectivity index (χ2v) is 4.41. The van der Waals surface area contributed by atoms with Crippen LogP contribution in [0.1, 0.15) is 12.5 Å². The van der Waals surface area contributed by atoms with Crippen molar-refractivity contribution in [2.24, 2.45) is 0 Å². The minimum Gasteiger partial charge on any atom is -0.364 e. The van der Waals surface area contributed by atoms with Crippen molar-refractivity contribution in [2.45, 2.75) is 19.1 Å². The maximum Gasteiger partial charge on any atom is 0.416 e. The van der Waals surface area contributed by atoms with E-state index in [0.717, 1.165) is 18.2 Å². The molecule has 1 aromatic rings. The lowest BCUT2D eigenvalue weighted by Gasteiger charge is -2.36. The average Bonchev–Trinajstić information content (AvgIpc) is 2.29. The van der Waals surface area contributed by atoms with Gasteiger partial charge >= 0.3 is 6.18 Å². The van der Waals surface area contributed by atoms with E-state index in [1.165, 1.54) is 0 Å². The number of anilines is 1. The number of rotatable bonds is 1. The fourth-order valence-corrected chi connectivity index (χ4v) is 2.11. The van der Waals surface area contributed by atoms with Crippen LogP contribution in [0.25, 0.3) is 0 Å². The van der Waals surface area contributed by atoms with Gasteiger partial charge in [0.1, 0.15) is 5.82 Å². The lowest BCUT2D eigenvalue weighted by atomic mass is 10.1. The molecule has 1 aliphatic rings. The monoisotopic (exact) mass is 298 g/mol. The zero-order valence-corrected chi connectivity index (χ0v) is 11.1. The number of alkyl halides is 3. The minimum absolute atomic E-state index is 0. The molecule has 0 aliphatic carbocycles. The molecule has 0 spiro atoms. The van der Waals surface area contributed by atoms with Gasteiger partial charge in [-0.2, -0.15) is 13.2 Å². The summed E-state index contributed by atoms with van der Waals surface area (Å²) in [4.78, 5) is 1.67. The zero-order valence-electron chi connectivity index (χ0n) is 10.3. The summed E-state index contributed by atoms with van der Waals surface area (Å²) in [5, 5.41) is 3.11. The molecule has 1 aromatic carbocycles. The Hall–Kier alpha value is -1.01. The van der Waals surface area contributed by atoms with Gasteiger partial charge < -0.3 is 10.2 Å². The third-order valence-corrected chi connectivity index (χ3v) is 3.08. The Morgan fingerprint density at radius 3 is 2.58 bits per heavy atom. The highest BCUT2D eigenvalue weighted by molar-refractivity contribution is 5.85. The van der Waals surface area contributed by atoms with Crippen LogP contribution >= 0.6 is 12.4 Å². The van der Waals surface area contributed by atoms with Gasteiger partial charge in [0.15, 0.2) is 0 Å². The third-order valence-electron chi connectivity index (χ3n) is 3.08. The summed E-state index contributed by atoms with van der Waals surface area (Å²) in [6.07, 6.45) is -4.44. The van der Waals surface area contributed by atoms with Crippen LogP contribution in [-0.4, -0.2) is 25.7 Å². The largest absolute Gasteiger partial charge is 0.416 e. The molecule has 108 valence electrons. The molecule has 0 saturated carbocycles.